The summed E-state index contributed by atoms with van der Waals surface area (Å²) in [6.45, 7) is 7.02. The van der Waals surface area contributed by atoms with E-state index in [0.29, 0.717) is 43.3 Å². The third-order valence-corrected chi connectivity index (χ3v) is 4.75. The van der Waals surface area contributed by atoms with Crippen molar-refractivity contribution in [3.05, 3.63) is 22.2 Å². The lowest BCUT2D eigenvalue weighted by Crippen LogP contribution is -2.58. The number of hydrogen-bond donors (Lipinski definition) is 0. The first kappa shape index (κ1) is 18.8. The molecule has 3 rings (SSSR count). The topological polar surface area (TPSA) is 68.3 Å². The van der Waals surface area contributed by atoms with Crippen LogP contribution in [-0.2, 0) is 4.74 Å². The first-order valence-electron chi connectivity index (χ1n) is 8.49. The van der Waals surface area contributed by atoms with E-state index >= 15 is 0 Å². The largest absolute Gasteiger partial charge is 0.496 e. The Morgan fingerprint density at radius 3 is 2.69 bits per heavy atom. The van der Waals surface area contributed by atoms with E-state index in [4.69, 9.17) is 14.2 Å². The van der Waals surface area contributed by atoms with Crippen LogP contribution < -0.4 is 9.47 Å². The molecule has 0 spiro atoms. The Bertz CT molecular complexity index is 731. The molecule has 1 saturated heterocycles. The quantitative estimate of drug-likeness (QED) is 0.690. The Hall–Kier alpha value is -1.96. The molecular formula is C18H23BrN2O5. The van der Waals surface area contributed by atoms with E-state index in [1.54, 1.807) is 21.9 Å². The number of hydrogen-bond acceptors (Lipinski definition) is 5. The molecule has 2 amide bonds. The van der Waals surface area contributed by atoms with Crippen molar-refractivity contribution in [2.24, 2.45) is 0 Å². The highest BCUT2D eigenvalue weighted by molar-refractivity contribution is 9.10. The first-order chi connectivity index (χ1) is 12.2. The number of ether oxygens (including phenoxy) is 3. The summed E-state index contributed by atoms with van der Waals surface area (Å²) < 4.78 is 17.5. The lowest BCUT2D eigenvalue weighted by Gasteiger charge is -2.40. The van der Waals surface area contributed by atoms with Crippen molar-refractivity contribution in [3.63, 3.8) is 0 Å². The number of rotatable bonds is 1. The number of amides is 2. The second-order valence-electron chi connectivity index (χ2n) is 7.37. The van der Waals surface area contributed by atoms with Crippen molar-refractivity contribution in [1.29, 1.82) is 0 Å². The summed E-state index contributed by atoms with van der Waals surface area (Å²) >= 11 is 3.41. The number of nitrogens with zero attached hydrogens (tertiary/aromatic N) is 2. The van der Waals surface area contributed by atoms with Crippen LogP contribution in [0.2, 0.25) is 0 Å². The zero-order chi connectivity index (χ0) is 19.1. The van der Waals surface area contributed by atoms with E-state index in [1.807, 2.05) is 20.8 Å². The monoisotopic (exact) mass is 426 g/mol. The number of carbonyl (C=O) groups is 2. The average molecular weight is 427 g/mol. The van der Waals surface area contributed by atoms with Gasteiger partial charge in [-0.25, -0.2) is 4.79 Å². The molecule has 0 N–H and O–H groups in total. The summed E-state index contributed by atoms with van der Waals surface area (Å²) in [7, 11) is 1.53. The Morgan fingerprint density at radius 1 is 1.31 bits per heavy atom. The maximum absolute atomic E-state index is 13.1. The molecular weight excluding hydrogens is 404 g/mol. The molecule has 0 aliphatic carbocycles. The van der Waals surface area contributed by atoms with Gasteiger partial charge in [0, 0.05) is 24.1 Å². The van der Waals surface area contributed by atoms with Crippen LogP contribution in [0.5, 0.6) is 11.5 Å². The summed E-state index contributed by atoms with van der Waals surface area (Å²) in [5.41, 5.74) is -0.135. The molecule has 0 bridgehead atoms. The fourth-order valence-electron chi connectivity index (χ4n) is 3.13. The fourth-order valence-corrected chi connectivity index (χ4v) is 3.55. The van der Waals surface area contributed by atoms with Crippen LogP contribution in [0, 0.1) is 0 Å². The van der Waals surface area contributed by atoms with Gasteiger partial charge in [0.05, 0.1) is 13.2 Å². The molecule has 26 heavy (non-hydrogen) atoms. The Balaban J connectivity index is 1.82. The lowest BCUT2D eigenvalue weighted by atomic mass is 10.1. The van der Waals surface area contributed by atoms with Gasteiger partial charge in [-0.1, -0.05) is 15.9 Å². The van der Waals surface area contributed by atoms with Gasteiger partial charge in [-0.2, -0.15) is 0 Å². The minimum atomic E-state index is -0.556. The Morgan fingerprint density at radius 2 is 2.04 bits per heavy atom. The van der Waals surface area contributed by atoms with Crippen LogP contribution in [-0.4, -0.2) is 66.8 Å². The van der Waals surface area contributed by atoms with Crippen molar-refractivity contribution in [2.45, 2.75) is 32.4 Å². The fraction of sp³-hybridized carbons (Fsp3) is 0.556. The van der Waals surface area contributed by atoms with Crippen molar-refractivity contribution in [1.82, 2.24) is 9.80 Å². The van der Waals surface area contributed by atoms with Gasteiger partial charge < -0.3 is 24.0 Å². The molecule has 0 radical (unpaired) electrons. The molecule has 0 saturated carbocycles. The van der Waals surface area contributed by atoms with Crippen LogP contribution in [0.25, 0.3) is 0 Å². The maximum atomic E-state index is 13.1. The van der Waals surface area contributed by atoms with Gasteiger partial charge in [-0.3, -0.25) is 4.79 Å². The lowest BCUT2D eigenvalue weighted by molar-refractivity contribution is 0.000917. The molecule has 1 aromatic rings. The van der Waals surface area contributed by atoms with E-state index in [9.17, 15) is 9.59 Å². The SMILES string of the molecule is COc1cc(Br)cc2c1C(=O)N1CCN(C(=O)OC(C)(C)C)C[C@@H]1CO2. The molecule has 7 nitrogen and oxygen atoms in total. The zero-order valence-electron chi connectivity index (χ0n) is 15.4. The van der Waals surface area contributed by atoms with E-state index < -0.39 is 5.60 Å². The summed E-state index contributed by atoms with van der Waals surface area (Å²) in [5, 5.41) is 0. The van der Waals surface area contributed by atoms with Gasteiger partial charge in [0.2, 0.25) is 0 Å². The predicted octanol–water partition coefficient (Wildman–Crippen LogP) is 2.91. The molecule has 1 aromatic carbocycles. The highest BCUT2D eigenvalue weighted by Gasteiger charge is 2.39. The first-order valence-corrected chi connectivity index (χ1v) is 9.28. The van der Waals surface area contributed by atoms with E-state index in [2.05, 4.69) is 15.9 Å². The van der Waals surface area contributed by atoms with Gasteiger partial charge in [-0.15, -0.1) is 0 Å². The van der Waals surface area contributed by atoms with Crippen LogP contribution in [0.3, 0.4) is 0 Å². The van der Waals surface area contributed by atoms with Gasteiger partial charge >= 0.3 is 6.09 Å². The molecule has 2 aliphatic rings. The molecule has 142 valence electrons. The Kier molecular flexibility index (Phi) is 5.05. The van der Waals surface area contributed by atoms with Crippen molar-refractivity contribution < 1.29 is 23.8 Å². The molecule has 1 atom stereocenters. The molecule has 2 heterocycles. The van der Waals surface area contributed by atoms with Gasteiger partial charge in [0.15, 0.2) is 0 Å². The number of carbonyl (C=O) groups excluding carboxylic acids is 2. The number of benzene rings is 1. The average Bonchev–Trinajstić information content (AvgIpc) is 2.69. The van der Waals surface area contributed by atoms with Gasteiger partial charge in [-0.05, 0) is 32.9 Å². The molecule has 8 heteroatoms. The van der Waals surface area contributed by atoms with E-state index in [0.717, 1.165) is 4.47 Å². The smallest absolute Gasteiger partial charge is 0.410 e. The van der Waals surface area contributed by atoms with E-state index in [1.165, 1.54) is 7.11 Å². The highest BCUT2D eigenvalue weighted by Crippen LogP contribution is 2.36. The van der Waals surface area contributed by atoms with Crippen molar-refractivity contribution in [2.75, 3.05) is 33.4 Å². The summed E-state index contributed by atoms with van der Waals surface area (Å²) in [5.74, 6) is 0.810. The maximum Gasteiger partial charge on any atom is 0.410 e. The number of fused-ring (bicyclic) bond motifs is 2. The third kappa shape index (κ3) is 3.75. The second kappa shape index (κ2) is 6.98. The zero-order valence-corrected chi connectivity index (χ0v) is 17.0. The Labute approximate surface area is 161 Å². The third-order valence-electron chi connectivity index (χ3n) is 4.29. The highest BCUT2D eigenvalue weighted by atomic mass is 79.9. The summed E-state index contributed by atoms with van der Waals surface area (Å²) in [4.78, 5) is 28.8. The van der Waals surface area contributed by atoms with Crippen LogP contribution in [0.4, 0.5) is 4.79 Å². The number of halogens is 1. The molecule has 1 fully saturated rings. The molecule has 2 aliphatic heterocycles. The normalized spacial score (nSPS) is 19.9. The van der Waals surface area contributed by atoms with Gasteiger partial charge in [0.25, 0.3) is 5.91 Å². The van der Waals surface area contributed by atoms with Crippen molar-refractivity contribution >= 4 is 27.9 Å². The summed E-state index contributed by atoms with van der Waals surface area (Å²) in [6.07, 6.45) is -0.369. The van der Waals surface area contributed by atoms with Crippen LogP contribution >= 0.6 is 15.9 Å². The number of methoxy groups -OCH3 is 1. The standard InChI is InChI=1S/C18H23BrN2O5/c1-18(2,3)26-17(23)20-5-6-21-12(9-20)10-25-14-8-11(19)7-13(24-4)15(14)16(21)22/h7-8,12H,5-6,9-10H2,1-4H3/t12-/m1/s1. The molecule has 0 unspecified atom stereocenters. The minimum Gasteiger partial charge on any atom is -0.496 e. The van der Waals surface area contributed by atoms with Crippen LogP contribution in [0.1, 0.15) is 31.1 Å². The number of piperazine rings is 1. The predicted molar refractivity (Wildman–Crippen MR) is 98.8 cm³/mol. The van der Waals surface area contributed by atoms with Crippen molar-refractivity contribution in [3.8, 4) is 11.5 Å². The van der Waals surface area contributed by atoms with E-state index in [-0.39, 0.29) is 18.0 Å². The minimum absolute atomic E-state index is 0.143. The van der Waals surface area contributed by atoms with Gasteiger partial charge in [0.1, 0.15) is 29.3 Å². The second-order valence-corrected chi connectivity index (χ2v) is 8.29. The molecule has 0 aromatic heterocycles. The van der Waals surface area contributed by atoms with Crippen LogP contribution in [0.15, 0.2) is 16.6 Å². The summed E-state index contributed by atoms with van der Waals surface area (Å²) in [6, 6.07) is 3.27.